The van der Waals surface area contributed by atoms with Crippen molar-refractivity contribution < 1.29 is 18.0 Å². The number of halogens is 3. The van der Waals surface area contributed by atoms with Crippen LogP contribution in [0.5, 0.6) is 0 Å². The molecule has 1 amide bonds. The number of rotatable bonds is 6. The molecule has 0 spiro atoms. The van der Waals surface area contributed by atoms with Crippen molar-refractivity contribution >= 4 is 16.8 Å². The quantitative estimate of drug-likeness (QED) is 0.642. The van der Waals surface area contributed by atoms with E-state index in [1.54, 1.807) is 6.20 Å². The average molecular weight is 375 g/mol. The molecule has 1 aromatic heterocycles. The van der Waals surface area contributed by atoms with Crippen molar-refractivity contribution in [2.75, 3.05) is 27.2 Å². The van der Waals surface area contributed by atoms with E-state index in [-0.39, 0.29) is 5.56 Å². The highest BCUT2D eigenvalue weighted by Crippen LogP contribution is 2.31. The van der Waals surface area contributed by atoms with Gasteiger partial charge in [-0.2, -0.15) is 0 Å². The van der Waals surface area contributed by atoms with Gasteiger partial charge in [-0.15, -0.1) is 0 Å². The maximum atomic E-state index is 14.5. The molecule has 0 fully saturated rings. The van der Waals surface area contributed by atoms with Gasteiger partial charge in [-0.1, -0.05) is 0 Å². The molecule has 2 N–H and O–H groups in total. The van der Waals surface area contributed by atoms with Gasteiger partial charge in [0.15, 0.2) is 0 Å². The lowest BCUT2D eigenvalue weighted by Gasteiger charge is -2.11. The first-order valence-electron chi connectivity index (χ1n) is 8.56. The van der Waals surface area contributed by atoms with Gasteiger partial charge in [0.1, 0.15) is 23.0 Å². The highest BCUT2D eigenvalue weighted by atomic mass is 19.1. The minimum atomic E-state index is -0.938. The minimum Gasteiger partial charge on any atom is -0.360 e. The number of aromatic nitrogens is 1. The lowest BCUT2D eigenvalue weighted by Crippen LogP contribution is -2.28. The Morgan fingerprint density at radius 1 is 1.11 bits per heavy atom. The molecular formula is C20H20F3N3O. The van der Waals surface area contributed by atoms with Crippen molar-refractivity contribution in [1.82, 2.24) is 15.2 Å². The predicted octanol–water partition coefficient (Wildman–Crippen LogP) is 3.93. The molecule has 0 aliphatic carbocycles. The van der Waals surface area contributed by atoms with Crippen molar-refractivity contribution in [1.29, 1.82) is 0 Å². The number of carbonyl (C=O) groups excluding carboxylic acids is 1. The zero-order valence-electron chi connectivity index (χ0n) is 15.1. The maximum Gasteiger partial charge on any atom is 0.257 e. The second-order valence-electron chi connectivity index (χ2n) is 6.62. The van der Waals surface area contributed by atoms with Gasteiger partial charge in [-0.25, -0.2) is 13.2 Å². The molecule has 0 atom stereocenters. The van der Waals surface area contributed by atoms with Crippen molar-refractivity contribution in [3.8, 4) is 11.1 Å². The number of amides is 1. The molecule has 0 radical (unpaired) electrons. The van der Waals surface area contributed by atoms with Crippen LogP contribution in [0.4, 0.5) is 13.2 Å². The third-order valence-corrected chi connectivity index (χ3v) is 4.29. The van der Waals surface area contributed by atoms with Crippen LogP contribution < -0.4 is 5.32 Å². The molecule has 0 unspecified atom stereocenters. The molecule has 7 heteroatoms. The summed E-state index contributed by atoms with van der Waals surface area (Å²) in [4.78, 5) is 17.0. The lowest BCUT2D eigenvalue weighted by atomic mass is 10.0. The standard InChI is InChI=1S/C20H20F3N3O/c1-26(2)7-3-6-24-20(27)19-16(22)8-12(9-17(19)23)15-11-25-18-10-13(21)4-5-14(15)18/h4-5,8-11,25H,3,6-7H2,1-2H3,(H,24,27). The second-order valence-corrected chi connectivity index (χ2v) is 6.62. The summed E-state index contributed by atoms with van der Waals surface area (Å²) in [5.74, 6) is -3.07. The highest BCUT2D eigenvalue weighted by molar-refractivity contribution is 5.98. The molecule has 0 saturated heterocycles. The molecule has 0 saturated carbocycles. The molecule has 4 nitrogen and oxygen atoms in total. The van der Waals surface area contributed by atoms with Crippen LogP contribution in [0.15, 0.2) is 36.5 Å². The van der Waals surface area contributed by atoms with Crippen LogP contribution in [-0.4, -0.2) is 43.0 Å². The van der Waals surface area contributed by atoms with E-state index in [0.717, 1.165) is 18.7 Å². The molecule has 27 heavy (non-hydrogen) atoms. The molecule has 3 aromatic rings. The Bertz CT molecular complexity index is 959. The SMILES string of the molecule is CN(C)CCCNC(=O)c1c(F)cc(-c2c[nH]c3cc(F)ccc23)cc1F. The van der Waals surface area contributed by atoms with Crippen LogP contribution in [0.2, 0.25) is 0 Å². The fourth-order valence-corrected chi connectivity index (χ4v) is 2.97. The fraction of sp³-hybridized carbons (Fsp3) is 0.250. The number of hydrogen-bond acceptors (Lipinski definition) is 2. The number of nitrogens with one attached hydrogen (secondary N) is 2. The van der Waals surface area contributed by atoms with Crippen LogP contribution in [0.25, 0.3) is 22.0 Å². The van der Waals surface area contributed by atoms with Crippen molar-refractivity contribution in [2.45, 2.75) is 6.42 Å². The van der Waals surface area contributed by atoms with Crippen LogP contribution in [0.1, 0.15) is 16.8 Å². The number of fused-ring (bicyclic) bond motifs is 1. The number of aromatic amines is 1. The monoisotopic (exact) mass is 375 g/mol. The third kappa shape index (κ3) is 4.14. The van der Waals surface area contributed by atoms with Gasteiger partial charge in [-0.3, -0.25) is 4.79 Å². The molecular weight excluding hydrogens is 355 g/mol. The van der Waals surface area contributed by atoms with E-state index < -0.39 is 28.9 Å². The van der Waals surface area contributed by atoms with Crippen LogP contribution >= 0.6 is 0 Å². The Morgan fingerprint density at radius 3 is 2.48 bits per heavy atom. The number of nitrogens with zero attached hydrogens (tertiary/aromatic N) is 1. The summed E-state index contributed by atoms with van der Waals surface area (Å²) < 4.78 is 42.3. The Morgan fingerprint density at radius 2 is 1.81 bits per heavy atom. The summed E-state index contributed by atoms with van der Waals surface area (Å²) in [6, 6.07) is 6.36. The molecule has 0 aliphatic rings. The second kappa shape index (κ2) is 7.84. The van der Waals surface area contributed by atoms with Crippen LogP contribution in [0, 0.1) is 17.5 Å². The van der Waals surface area contributed by atoms with Crippen LogP contribution in [0.3, 0.4) is 0 Å². The van der Waals surface area contributed by atoms with Crippen molar-refractivity contribution in [3.05, 3.63) is 59.5 Å². The van der Waals surface area contributed by atoms with Gasteiger partial charge in [-0.05, 0) is 63.0 Å². The number of carbonyl (C=O) groups is 1. The summed E-state index contributed by atoms with van der Waals surface area (Å²) in [6.07, 6.45) is 2.23. The topological polar surface area (TPSA) is 48.1 Å². The summed E-state index contributed by atoms with van der Waals surface area (Å²) in [7, 11) is 3.80. The maximum absolute atomic E-state index is 14.5. The van der Waals surface area contributed by atoms with E-state index in [0.29, 0.717) is 29.4 Å². The smallest absolute Gasteiger partial charge is 0.257 e. The zero-order valence-corrected chi connectivity index (χ0v) is 15.1. The first kappa shape index (κ1) is 19.0. The Hall–Kier alpha value is -2.80. The molecule has 0 bridgehead atoms. The molecule has 0 aliphatic heterocycles. The molecule has 2 aromatic carbocycles. The number of hydrogen-bond donors (Lipinski definition) is 2. The van der Waals surface area contributed by atoms with Gasteiger partial charge in [0.05, 0.1) is 0 Å². The van der Waals surface area contributed by atoms with Crippen LogP contribution in [-0.2, 0) is 0 Å². The van der Waals surface area contributed by atoms with Gasteiger partial charge >= 0.3 is 0 Å². The fourth-order valence-electron chi connectivity index (χ4n) is 2.97. The molecule has 142 valence electrons. The lowest BCUT2D eigenvalue weighted by molar-refractivity contribution is 0.0944. The van der Waals surface area contributed by atoms with Gasteiger partial charge in [0.2, 0.25) is 0 Å². The number of H-pyrrole nitrogens is 1. The Balaban J connectivity index is 1.85. The van der Waals surface area contributed by atoms with E-state index >= 15 is 0 Å². The van der Waals surface area contributed by atoms with Gasteiger partial charge in [0.25, 0.3) is 5.91 Å². The predicted molar refractivity (Wildman–Crippen MR) is 99.1 cm³/mol. The van der Waals surface area contributed by atoms with E-state index in [9.17, 15) is 18.0 Å². The van der Waals surface area contributed by atoms with Crippen molar-refractivity contribution in [2.24, 2.45) is 0 Å². The highest BCUT2D eigenvalue weighted by Gasteiger charge is 2.20. The van der Waals surface area contributed by atoms with Gasteiger partial charge in [0, 0.05) is 29.2 Å². The average Bonchev–Trinajstić information content (AvgIpc) is 3.00. The largest absolute Gasteiger partial charge is 0.360 e. The summed E-state index contributed by atoms with van der Waals surface area (Å²) >= 11 is 0. The summed E-state index contributed by atoms with van der Waals surface area (Å²) in [5.41, 5.74) is 0.718. The third-order valence-electron chi connectivity index (χ3n) is 4.29. The zero-order chi connectivity index (χ0) is 19.6. The van der Waals surface area contributed by atoms with E-state index in [1.807, 2.05) is 19.0 Å². The first-order chi connectivity index (χ1) is 12.9. The summed E-state index contributed by atoms with van der Waals surface area (Å²) in [6.45, 7) is 1.08. The first-order valence-corrected chi connectivity index (χ1v) is 8.56. The molecule has 1 heterocycles. The van der Waals surface area contributed by atoms with E-state index in [1.165, 1.54) is 18.2 Å². The molecule has 3 rings (SSSR count). The van der Waals surface area contributed by atoms with Crippen molar-refractivity contribution in [3.63, 3.8) is 0 Å². The van der Waals surface area contributed by atoms with E-state index in [2.05, 4.69) is 10.3 Å². The normalized spacial score (nSPS) is 11.3. The Labute approximate surface area is 155 Å². The Kier molecular flexibility index (Phi) is 5.51. The van der Waals surface area contributed by atoms with Gasteiger partial charge < -0.3 is 15.2 Å². The summed E-state index contributed by atoms with van der Waals surface area (Å²) in [5, 5.41) is 3.17. The number of benzene rings is 2. The van der Waals surface area contributed by atoms with E-state index in [4.69, 9.17) is 0 Å². The minimum absolute atomic E-state index is 0.270.